The molecule has 5 heteroatoms. The SMILES string of the molecule is CCOC(=O)c1csc(-c2cc(C)ccn2)n1. The maximum absolute atomic E-state index is 11.5. The molecule has 0 aliphatic rings. The third-order valence-electron chi connectivity index (χ3n) is 2.12. The van der Waals surface area contributed by atoms with E-state index in [0.29, 0.717) is 12.3 Å². The molecule has 0 saturated carbocycles. The molecule has 0 N–H and O–H groups in total. The van der Waals surface area contributed by atoms with Crippen LogP contribution in [0.3, 0.4) is 0 Å². The minimum Gasteiger partial charge on any atom is -0.461 e. The highest BCUT2D eigenvalue weighted by Gasteiger charge is 2.13. The number of nitrogens with zero attached hydrogens (tertiary/aromatic N) is 2. The summed E-state index contributed by atoms with van der Waals surface area (Å²) in [4.78, 5) is 19.9. The van der Waals surface area contributed by atoms with Gasteiger partial charge in [0.1, 0.15) is 5.01 Å². The molecule has 0 aliphatic carbocycles. The predicted molar refractivity (Wildman–Crippen MR) is 66.0 cm³/mol. The number of ether oxygens (including phenoxy) is 1. The van der Waals surface area contributed by atoms with Crippen LogP contribution in [0.4, 0.5) is 0 Å². The summed E-state index contributed by atoms with van der Waals surface area (Å²) in [6.07, 6.45) is 1.73. The van der Waals surface area contributed by atoms with Crippen molar-refractivity contribution in [2.75, 3.05) is 6.61 Å². The number of carbonyl (C=O) groups excluding carboxylic acids is 1. The second-order valence-corrected chi connectivity index (χ2v) is 4.33. The number of aromatic nitrogens is 2. The van der Waals surface area contributed by atoms with Crippen molar-refractivity contribution in [2.45, 2.75) is 13.8 Å². The van der Waals surface area contributed by atoms with Crippen molar-refractivity contribution >= 4 is 17.3 Å². The predicted octanol–water partition coefficient (Wildman–Crippen LogP) is 2.69. The molecular formula is C12H12N2O2S. The largest absolute Gasteiger partial charge is 0.461 e. The first kappa shape index (κ1) is 11.7. The molecule has 2 aromatic rings. The van der Waals surface area contributed by atoms with Crippen molar-refractivity contribution in [2.24, 2.45) is 0 Å². The van der Waals surface area contributed by atoms with E-state index in [1.807, 2.05) is 19.1 Å². The standard InChI is InChI=1S/C12H12N2O2S/c1-3-16-12(15)10-7-17-11(14-10)9-6-8(2)4-5-13-9/h4-7H,3H2,1-2H3. The van der Waals surface area contributed by atoms with Crippen molar-refractivity contribution in [3.63, 3.8) is 0 Å². The second kappa shape index (κ2) is 5.05. The Labute approximate surface area is 103 Å². The summed E-state index contributed by atoms with van der Waals surface area (Å²) in [6, 6.07) is 3.86. The van der Waals surface area contributed by atoms with Gasteiger partial charge < -0.3 is 4.74 Å². The van der Waals surface area contributed by atoms with Crippen molar-refractivity contribution in [3.05, 3.63) is 35.0 Å². The molecule has 2 aromatic heterocycles. The van der Waals surface area contributed by atoms with Gasteiger partial charge in [-0.15, -0.1) is 11.3 Å². The van der Waals surface area contributed by atoms with E-state index in [4.69, 9.17) is 4.74 Å². The lowest BCUT2D eigenvalue weighted by molar-refractivity contribution is 0.0520. The Balaban J connectivity index is 2.27. The van der Waals surface area contributed by atoms with Crippen LogP contribution in [0.1, 0.15) is 23.0 Å². The molecule has 0 atom stereocenters. The van der Waals surface area contributed by atoms with Gasteiger partial charge in [0, 0.05) is 11.6 Å². The van der Waals surface area contributed by atoms with E-state index < -0.39 is 0 Å². The Morgan fingerprint density at radius 1 is 1.53 bits per heavy atom. The van der Waals surface area contributed by atoms with Crippen LogP contribution in [0.5, 0.6) is 0 Å². The zero-order chi connectivity index (χ0) is 12.3. The van der Waals surface area contributed by atoms with Crippen LogP contribution in [0.25, 0.3) is 10.7 Å². The summed E-state index contributed by atoms with van der Waals surface area (Å²) in [5.74, 6) is -0.386. The van der Waals surface area contributed by atoms with Crippen molar-refractivity contribution in [1.82, 2.24) is 9.97 Å². The van der Waals surface area contributed by atoms with Crippen LogP contribution in [-0.2, 0) is 4.74 Å². The van der Waals surface area contributed by atoms with Crippen molar-refractivity contribution in [3.8, 4) is 10.7 Å². The minimum absolute atomic E-state index is 0.343. The molecule has 0 saturated heterocycles. The summed E-state index contributed by atoms with van der Waals surface area (Å²) < 4.78 is 4.89. The Morgan fingerprint density at radius 3 is 3.06 bits per heavy atom. The average molecular weight is 248 g/mol. The Bertz CT molecular complexity index is 537. The number of aryl methyl sites for hydroxylation is 1. The number of carbonyl (C=O) groups is 1. The van der Waals surface area contributed by atoms with Gasteiger partial charge in [0.05, 0.1) is 12.3 Å². The van der Waals surface area contributed by atoms with E-state index in [-0.39, 0.29) is 5.97 Å². The quantitative estimate of drug-likeness (QED) is 0.784. The lowest BCUT2D eigenvalue weighted by atomic mass is 10.2. The number of pyridine rings is 1. The van der Waals surface area contributed by atoms with Crippen molar-refractivity contribution in [1.29, 1.82) is 0 Å². The van der Waals surface area contributed by atoms with Crippen LogP contribution in [-0.4, -0.2) is 22.5 Å². The zero-order valence-electron chi connectivity index (χ0n) is 9.64. The van der Waals surface area contributed by atoms with E-state index in [2.05, 4.69) is 9.97 Å². The Kier molecular flexibility index (Phi) is 3.49. The third kappa shape index (κ3) is 2.68. The zero-order valence-corrected chi connectivity index (χ0v) is 10.5. The van der Waals surface area contributed by atoms with Gasteiger partial charge in [-0.25, -0.2) is 9.78 Å². The summed E-state index contributed by atoms with van der Waals surface area (Å²) in [7, 11) is 0. The van der Waals surface area contributed by atoms with Crippen molar-refractivity contribution < 1.29 is 9.53 Å². The normalized spacial score (nSPS) is 10.2. The second-order valence-electron chi connectivity index (χ2n) is 3.48. The van der Waals surface area contributed by atoms with E-state index in [1.54, 1.807) is 18.5 Å². The molecule has 2 rings (SSSR count). The molecule has 0 unspecified atom stereocenters. The van der Waals surface area contributed by atoms with Crippen LogP contribution in [0, 0.1) is 6.92 Å². The maximum Gasteiger partial charge on any atom is 0.357 e. The highest BCUT2D eigenvalue weighted by atomic mass is 32.1. The van der Waals surface area contributed by atoms with Gasteiger partial charge >= 0.3 is 5.97 Å². The third-order valence-corrected chi connectivity index (χ3v) is 2.99. The van der Waals surface area contributed by atoms with E-state index >= 15 is 0 Å². The Morgan fingerprint density at radius 2 is 2.35 bits per heavy atom. The molecule has 0 amide bonds. The van der Waals surface area contributed by atoms with E-state index in [0.717, 1.165) is 16.3 Å². The van der Waals surface area contributed by atoms with E-state index in [1.165, 1.54) is 11.3 Å². The first-order valence-corrected chi connectivity index (χ1v) is 6.14. The molecule has 0 fully saturated rings. The minimum atomic E-state index is -0.386. The van der Waals surface area contributed by atoms with Gasteiger partial charge in [0.25, 0.3) is 0 Å². The highest BCUT2D eigenvalue weighted by Crippen LogP contribution is 2.22. The summed E-state index contributed by atoms with van der Waals surface area (Å²) in [6.45, 7) is 4.12. The van der Waals surface area contributed by atoms with Crippen LogP contribution in [0.2, 0.25) is 0 Å². The molecular weight excluding hydrogens is 236 g/mol. The molecule has 2 heterocycles. The first-order chi connectivity index (χ1) is 8.20. The number of hydrogen-bond donors (Lipinski definition) is 0. The smallest absolute Gasteiger partial charge is 0.357 e. The molecule has 0 aliphatic heterocycles. The average Bonchev–Trinajstić information content (AvgIpc) is 2.78. The van der Waals surface area contributed by atoms with Gasteiger partial charge in [-0.05, 0) is 31.5 Å². The summed E-state index contributed by atoms with van der Waals surface area (Å²) >= 11 is 1.39. The van der Waals surface area contributed by atoms with Gasteiger partial charge in [-0.1, -0.05) is 0 Å². The first-order valence-electron chi connectivity index (χ1n) is 5.26. The molecule has 0 aromatic carbocycles. The van der Waals surface area contributed by atoms with Crippen LogP contribution < -0.4 is 0 Å². The summed E-state index contributed by atoms with van der Waals surface area (Å²) in [5, 5.41) is 2.42. The topological polar surface area (TPSA) is 52.1 Å². The molecule has 0 spiro atoms. The Hall–Kier alpha value is -1.75. The van der Waals surface area contributed by atoms with Crippen LogP contribution in [0.15, 0.2) is 23.7 Å². The van der Waals surface area contributed by atoms with Gasteiger partial charge in [0.2, 0.25) is 0 Å². The lowest BCUT2D eigenvalue weighted by Gasteiger charge is -1.97. The number of hydrogen-bond acceptors (Lipinski definition) is 5. The summed E-state index contributed by atoms with van der Waals surface area (Å²) in [5.41, 5.74) is 2.24. The highest BCUT2D eigenvalue weighted by molar-refractivity contribution is 7.13. The molecule has 88 valence electrons. The maximum atomic E-state index is 11.5. The molecule has 0 radical (unpaired) electrons. The van der Waals surface area contributed by atoms with Gasteiger partial charge in [-0.2, -0.15) is 0 Å². The number of rotatable bonds is 3. The molecule has 17 heavy (non-hydrogen) atoms. The molecule has 0 bridgehead atoms. The lowest BCUT2D eigenvalue weighted by Crippen LogP contribution is -2.04. The fourth-order valence-corrected chi connectivity index (χ4v) is 2.10. The van der Waals surface area contributed by atoms with E-state index in [9.17, 15) is 4.79 Å². The fourth-order valence-electron chi connectivity index (χ4n) is 1.34. The monoisotopic (exact) mass is 248 g/mol. The van der Waals surface area contributed by atoms with Gasteiger partial charge in [-0.3, -0.25) is 4.98 Å². The molecule has 4 nitrogen and oxygen atoms in total. The number of thiazole rings is 1. The van der Waals surface area contributed by atoms with Crippen LogP contribution >= 0.6 is 11.3 Å². The van der Waals surface area contributed by atoms with Gasteiger partial charge in [0.15, 0.2) is 5.69 Å². The number of esters is 1. The fraction of sp³-hybridized carbons (Fsp3) is 0.250.